The van der Waals surface area contributed by atoms with Crippen molar-refractivity contribution in [3.05, 3.63) is 53.0 Å². The summed E-state index contributed by atoms with van der Waals surface area (Å²) in [4.78, 5) is 14.7. The summed E-state index contributed by atoms with van der Waals surface area (Å²) in [6, 6.07) is 7.61. The van der Waals surface area contributed by atoms with Gasteiger partial charge in [0.2, 0.25) is 0 Å². The first-order valence-corrected chi connectivity index (χ1v) is 7.91. The molecule has 0 aliphatic carbocycles. The Morgan fingerprint density at radius 3 is 3.00 bits per heavy atom. The number of nitrogens with one attached hydrogen (secondary N) is 1. The van der Waals surface area contributed by atoms with Crippen LogP contribution in [-0.2, 0) is 0 Å². The Balaban J connectivity index is 1.55. The molecule has 1 saturated heterocycles. The Morgan fingerprint density at radius 1 is 1.35 bits per heavy atom. The Labute approximate surface area is 134 Å². The fraction of sp³-hybridized carbons (Fsp3) is 0.333. The number of furan rings is 1. The third-order valence-corrected chi connectivity index (χ3v) is 4.64. The summed E-state index contributed by atoms with van der Waals surface area (Å²) in [6.07, 6.45) is 2.82. The van der Waals surface area contributed by atoms with Crippen LogP contribution in [0.1, 0.15) is 39.7 Å². The van der Waals surface area contributed by atoms with E-state index in [1.54, 1.807) is 0 Å². The summed E-state index contributed by atoms with van der Waals surface area (Å²) in [5.74, 6) is 1.30. The lowest BCUT2D eigenvalue weighted by Gasteiger charge is -2.16. The summed E-state index contributed by atoms with van der Waals surface area (Å²) in [7, 11) is 0. The van der Waals surface area contributed by atoms with E-state index >= 15 is 0 Å². The van der Waals surface area contributed by atoms with Crippen LogP contribution in [0.2, 0.25) is 0 Å². The minimum absolute atomic E-state index is 0.0884. The lowest BCUT2D eigenvalue weighted by molar-refractivity contribution is 0.0791. The van der Waals surface area contributed by atoms with E-state index in [1.807, 2.05) is 42.3 Å². The van der Waals surface area contributed by atoms with Crippen molar-refractivity contribution in [2.75, 3.05) is 13.1 Å². The number of likely N-dealkylation sites (tertiary alicyclic amines) is 1. The average molecular weight is 309 g/mol. The highest BCUT2D eigenvalue weighted by Gasteiger charge is 2.29. The molecular weight excluding hydrogens is 290 g/mol. The smallest absolute Gasteiger partial charge is 0.253 e. The van der Waals surface area contributed by atoms with Crippen LogP contribution in [0.15, 0.2) is 34.9 Å². The predicted octanol–water partition coefficient (Wildman–Crippen LogP) is 3.40. The van der Waals surface area contributed by atoms with Crippen LogP contribution >= 0.6 is 0 Å². The van der Waals surface area contributed by atoms with Crippen molar-refractivity contribution in [1.82, 2.24) is 15.1 Å². The highest BCUT2D eigenvalue weighted by Crippen LogP contribution is 2.29. The Bertz CT molecular complexity index is 877. The van der Waals surface area contributed by atoms with E-state index in [9.17, 15) is 4.79 Å². The van der Waals surface area contributed by atoms with Crippen LogP contribution in [0.4, 0.5) is 0 Å². The molecule has 2 aromatic heterocycles. The van der Waals surface area contributed by atoms with Gasteiger partial charge >= 0.3 is 0 Å². The zero-order chi connectivity index (χ0) is 16.0. The van der Waals surface area contributed by atoms with Crippen LogP contribution in [0.3, 0.4) is 0 Å². The Kier molecular flexibility index (Phi) is 3.22. The summed E-state index contributed by atoms with van der Waals surface area (Å²) in [5.41, 5.74) is 3.87. The van der Waals surface area contributed by atoms with Crippen molar-refractivity contribution in [3.8, 4) is 0 Å². The first-order valence-electron chi connectivity index (χ1n) is 7.91. The van der Waals surface area contributed by atoms with Gasteiger partial charge in [0.1, 0.15) is 11.3 Å². The van der Waals surface area contributed by atoms with Gasteiger partial charge in [-0.1, -0.05) is 0 Å². The average Bonchev–Trinajstić information content (AvgIpc) is 3.23. The maximum absolute atomic E-state index is 12.8. The van der Waals surface area contributed by atoms with Crippen LogP contribution < -0.4 is 0 Å². The molecule has 1 atom stereocenters. The minimum Gasteiger partial charge on any atom is -0.461 e. The number of carbonyl (C=O) groups is 1. The van der Waals surface area contributed by atoms with Gasteiger partial charge in [-0.25, -0.2) is 0 Å². The third-order valence-electron chi connectivity index (χ3n) is 4.64. The lowest BCUT2D eigenvalue weighted by Crippen LogP contribution is -2.28. The van der Waals surface area contributed by atoms with E-state index in [0.717, 1.165) is 47.5 Å². The number of hydrogen-bond acceptors (Lipinski definition) is 3. The van der Waals surface area contributed by atoms with E-state index in [0.29, 0.717) is 5.92 Å². The van der Waals surface area contributed by atoms with Crippen molar-refractivity contribution >= 4 is 16.9 Å². The number of fused-ring (bicyclic) bond motifs is 1. The molecule has 4 rings (SSSR count). The number of H-pyrrole nitrogens is 1. The number of amides is 1. The van der Waals surface area contributed by atoms with Gasteiger partial charge in [-0.3, -0.25) is 9.89 Å². The maximum Gasteiger partial charge on any atom is 0.253 e. The predicted molar refractivity (Wildman–Crippen MR) is 87.5 cm³/mol. The van der Waals surface area contributed by atoms with Crippen LogP contribution in [0.25, 0.3) is 11.0 Å². The molecule has 0 unspecified atom stereocenters. The van der Waals surface area contributed by atoms with Gasteiger partial charge < -0.3 is 9.32 Å². The molecule has 1 aliphatic rings. The second-order valence-corrected chi connectivity index (χ2v) is 6.31. The van der Waals surface area contributed by atoms with E-state index in [-0.39, 0.29) is 5.91 Å². The number of carbonyl (C=O) groups excluding carboxylic acids is 1. The van der Waals surface area contributed by atoms with Gasteiger partial charge in [0, 0.05) is 35.7 Å². The molecule has 3 aromatic rings. The monoisotopic (exact) mass is 309 g/mol. The molecule has 0 radical (unpaired) electrons. The Hall–Kier alpha value is -2.56. The highest BCUT2D eigenvalue weighted by molar-refractivity contribution is 5.98. The molecule has 0 bridgehead atoms. The molecule has 1 amide bonds. The number of aromatic nitrogens is 2. The van der Waals surface area contributed by atoms with Crippen molar-refractivity contribution in [2.24, 2.45) is 0 Å². The van der Waals surface area contributed by atoms with E-state index < -0.39 is 0 Å². The number of aryl methyl sites for hydroxylation is 2. The van der Waals surface area contributed by atoms with Gasteiger partial charge in [0.15, 0.2) is 0 Å². The molecule has 23 heavy (non-hydrogen) atoms. The standard InChI is InChI=1S/C18H19N3O2/c1-11-9-19-20-17(11)14-5-6-21(10-14)18(22)13-3-4-16-15(8-13)7-12(2)23-16/h3-4,7-9,14H,5-6,10H2,1-2H3,(H,19,20)/t14-/m0/s1. The molecular formula is C18H19N3O2. The van der Waals surface area contributed by atoms with Crippen LogP contribution in [0, 0.1) is 13.8 Å². The number of aromatic amines is 1. The molecule has 1 N–H and O–H groups in total. The minimum atomic E-state index is 0.0884. The molecule has 1 fully saturated rings. The van der Waals surface area contributed by atoms with Crippen molar-refractivity contribution in [2.45, 2.75) is 26.2 Å². The second kappa shape index (κ2) is 5.26. The van der Waals surface area contributed by atoms with E-state index in [1.165, 1.54) is 5.56 Å². The highest BCUT2D eigenvalue weighted by atomic mass is 16.3. The molecule has 5 heteroatoms. The first-order chi connectivity index (χ1) is 11.1. The fourth-order valence-electron chi connectivity index (χ4n) is 3.44. The number of hydrogen-bond donors (Lipinski definition) is 1. The van der Waals surface area contributed by atoms with Gasteiger partial charge in [0.05, 0.1) is 6.20 Å². The number of nitrogens with zero attached hydrogens (tertiary/aromatic N) is 2. The van der Waals surface area contributed by atoms with Crippen molar-refractivity contribution < 1.29 is 9.21 Å². The zero-order valence-electron chi connectivity index (χ0n) is 13.3. The maximum atomic E-state index is 12.8. The quantitative estimate of drug-likeness (QED) is 0.789. The molecule has 118 valence electrons. The molecule has 3 heterocycles. The Morgan fingerprint density at radius 2 is 2.22 bits per heavy atom. The summed E-state index contributed by atoms with van der Waals surface area (Å²) in [5, 5.41) is 8.15. The van der Waals surface area contributed by atoms with Gasteiger partial charge in [-0.05, 0) is 50.1 Å². The molecule has 1 aliphatic heterocycles. The van der Waals surface area contributed by atoms with Gasteiger partial charge in [-0.15, -0.1) is 0 Å². The molecule has 0 saturated carbocycles. The normalized spacial score (nSPS) is 18.0. The second-order valence-electron chi connectivity index (χ2n) is 6.31. The summed E-state index contributed by atoms with van der Waals surface area (Å²) < 4.78 is 5.57. The largest absolute Gasteiger partial charge is 0.461 e. The van der Waals surface area contributed by atoms with Crippen LogP contribution in [-0.4, -0.2) is 34.1 Å². The molecule has 1 aromatic carbocycles. The fourth-order valence-corrected chi connectivity index (χ4v) is 3.44. The molecule has 5 nitrogen and oxygen atoms in total. The van der Waals surface area contributed by atoms with Gasteiger partial charge in [0.25, 0.3) is 5.91 Å². The summed E-state index contributed by atoms with van der Waals surface area (Å²) in [6.45, 7) is 5.49. The number of benzene rings is 1. The topological polar surface area (TPSA) is 62.1 Å². The van der Waals surface area contributed by atoms with E-state index in [2.05, 4.69) is 17.1 Å². The van der Waals surface area contributed by atoms with Crippen LogP contribution in [0.5, 0.6) is 0 Å². The number of rotatable bonds is 2. The summed E-state index contributed by atoms with van der Waals surface area (Å²) >= 11 is 0. The van der Waals surface area contributed by atoms with Crippen molar-refractivity contribution in [1.29, 1.82) is 0 Å². The zero-order valence-corrected chi connectivity index (χ0v) is 13.3. The van der Waals surface area contributed by atoms with E-state index in [4.69, 9.17) is 4.42 Å². The third kappa shape index (κ3) is 2.42. The SMILES string of the molecule is Cc1cc2cc(C(=O)N3CC[C@H](c4[nH]ncc4C)C3)ccc2o1. The lowest BCUT2D eigenvalue weighted by atomic mass is 10.0. The van der Waals surface area contributed by atoms with Gasteiger partial charge in [-0.2, -0.15) is 5.10 Å². The molecule has 0 spiro atoms. The first kappa shape index (κ1) is 14.1. The van der Waals surface area contributed by atoms with Crippen molar-refractivity contribution in [3.63, 3.8) is 0 Å².